The summed E-state index contributed by atoms with van der Waals surface area (Å²) in [5.41, 5.74) is -4.13. The van der Waals surface area contributed by atoms with Crippen molar-refractivity contribution in [1.82, 2.24) is 10.2 Å². The van der Waals surface area contributed by atoms with Gasteiger partial charge in [-0.3, -0.25) is 14.5 Å². The zero-order chi connectivity index (χ0) is 29.1. The monoisotopic (exact) mass is 585 g/mol. The maximum Gasteiger partial charge on any atom is 0.416 e. The Bertz CT molecular complexity index is 1220. The molecule has 2 aromatic rings. The highest BCUT2D eigenvalue weighted by Gasteiger charge is 2.39. The van der Waals surface area contributed by atoms with E-state index in [9.17, 15) is 50.2 Å². The van der Waals surface area contributed by atoms with Crippen molar-refractivity contribution in [2.24, 2.45) is 0 Å². The first kappa shape index (κ1) is 29.8. The molecule has 3 rings (SSSR count). The number of alkyl halides is 6. The van der Waals surface area contributed by atoms with Crippen LogP contribution in [-0.4, -0.2) is 53.1 Å². The number of likely N-dealkylation sites (tertiary alicyclic amines) is 1. The van der Waals surface area contributed by atoms with E-state index in [2.05, 4.69) is 5.32 Å². The third-order valence-electron chi connectivity index (χ3n) is 5.61. The fourth-order valence-electron chi connectivity index (χ4n) is 3.81. The molecule has 2 atom stereocenters. The maximum absolute atomic E-state index is 13.5. The van der Waals surface area contributed by atoms with Crippen LogP contribution >= 0.6 is 11.6 Å². The standard InChI is InChI=1S/C23H19ClF7N3O5/c24-16-3-2-15(8-17(16)25)39-10-19(35)32-13-1-4-18(34(9-13)21(37)38)20(36)33-14-6-11(22(26,27)28)5-12(7-14)23(29,30)31/h2-3,5-8,13,18H,1,4,9-10H2,(H,32,35)(H,33,36)(H,37,38)/t13-,18+/m0/s1. The Kier molecular flexibility index (Phi) is 8.83. The molecule has 1 fully saturated rings. The Balaban J connectivity index is 1.66. The first-order valence-corrected chi connectivity index (χ1v) is 11.4. The molecule has 2 aromatic carbocycles. The van der Waals surface area contributed by atoms with Gasteiger partial charge in [0, 0.05) is 24.3 Å². The molecule has 0 saturated carbocycles. The van der Waals surface area contributed by atoms with Gasteiger partial charge in [-0.2, -0.15) is 26.3 Å². The number of ether oxygens (including phenoxy) is 1. The van der Waals surface area contributed by atoms with Crippen molar-refractivity contribution < 1.29 is 55.0 Å². The van der Waals surface area contributed by atoms with Crippen molar-refractivity contribution >= 4 is 35.2 Å². The highest BCUT2D eigenvalue weighted by Crippen LogP contribution is 2.37. The average molecular weight is 586 g/mol. The number of anilines is 1. The number of rotatable bonds is 6. The topological polar surface area (TPSA) is 108 Å². The van der Waals surface area contributed by atoms with Gasteiger partial charge in [-0.1, -0.05) is 11.6 Å². The van der Waals surface area contributed by atoms with Crippen molar-refractivity contribution in [3.8, 4) is 5.75 Å². The van der Waals surface area contributed by atoms with E-state index in [1.807, 2.05) is 5.32 Å². The molecule has 1 heterocycles. The van der Waals surface area contributed by atoms with E-state index in [-0.39, 0.29) is 29.7 Å². The predicted molar refractivity (Wildman–Crippen MR) is 122 cm³/mol. The third kappa shape index (κ3) is 7.88. The highest BCUT2D eigenvalue weighted by atomic mass is 35.5. The molecule has 0 unspecified atom stereocenters. The van der Waals surface area contributed by atoms with Crippen molar-refractivity contribution in [3.05, 3.63) is 58.4 Å². The molecule has 3 N–H and O–H groups in total. The number of nitrogens with zero attached hydrogens (tertiary/aromatic N) is 1. The van der Waals surface area contributed by atoms with Crippen LogP contribution in [0, 0.1) is 5.82 Å². The van der Waals surface area contributed by atoms with Crippen LogP contribution in [0.4, 0.5) is 41.2 Å². The molecular formula is C23H19ClF7N3O5. The summed E-state index contributed by atoms with van der Waals surface area (Å²) in [7, 11) is 0. The fraction of sp³-hybridized carbons (Fsp3) is 0.348. The molecule has 212 valence electrons. The second-order valence-electron chi connectivity index (χ2n) is 8.44. The third-order valence-corrected chi connectivity index (χ3v) is 5.92. The van der Waals surface area contributed by atoms with Crippen LogP contribution in [0.15, 0.2) is 36.4 Å². The van der Waals surface area contributed by atoms with Gasteiger partial charge in [-0.05, 0) is 43.2 Å². The lowest BCUT2D eigenvalue weighted by atomic mass is 9.97. The van der Waals surface area contributed by atoms with Gasteiger partial charge in [0.05, 0.1) is 16.1 Å². The van der Waals surface area contributed by atoms with Gasteiger partial charge in [0.15, 0.2) is 6.61 Å². The van der Waals surface area contributed by atoms with Crippen LogP contribution in [0.2, 0.25) is 5.02 Å². The average Bonchev–Trinajstić information content (AvgIpc) is 2.83. The van der Waals surface area contributed by atoms with Crippen LogP contribution < -0.4 is 15.4 Å². The number of nitrogens with one attached hydrogen (secondary N) is 2. The second-order valence-corrected chi connectivity index (χ2v) is 8.85. The minimum absolute atomic E-state index is 0.00265. The van der Waals surface area contributed by atoms with Crippen LogP contribution in [0.25, 0.3) is 0 Å². The molecule has 1 aliphatic heterocycles. The first-order chi connectivity index (χ1) is 18.0. The Morgan fingerprint density at radius 3 is 2.15 bits per heavy atom. The fourth-order valence-corrected chi connectivity index (χ4v) is 3.93. The highest BCUT2D eigenvalue weighted by molar-refractivity contribution is 6.30. The molecule has 0 spiro atoms. The number of hydrogen-bond acceptors (Lipinski definition) is 4. The molecule has 8 nitrogen and oxygen atoms in total. The van der Waals surface area contributed by atoms with Crippen LogP contribution in [0.3, 0.4) is 0 Å². The lowest BCUT2D eigenvalue weighted by molar-refractivity contribution is -0.143. The molecular weight excluding hydrogens is 567 g/mol. The van der Waals surface area contributed by atoms with E-state index in [1.165, 1.54) is 12.1 Å². The number of hydrogen-bond donors (Lipinski definition) is 3. The molecule has 39 heavy (non-hydrogen) atoms. The summed E-state index contributed by atoms with van der Waals surface area (Å²) in [6, 6.07) is 1.71. The lowest BCUT2D eigenvalue weighted by Gasteiger charge is -2.37. The molecule has 0 radical (unpaired) electrons. The SMILES string of the molecule is O=C(COc1ccc(Cl)c(F)c1)N[C@H]1CC[C@H](C(=O)Nc2cc(C(F)(F)F)cc(C(F)(F)F)c2)N(C(=O)O)C1. The van der Waals surface area contributed by atoms with Crippen molar-refractivity contribution in [2.45, 2.75) is 37.3 Å². The van der Waals surface area contributed by atoms with Crippen molar-refractivity contribution in [1.29, 1.82) is 0 Å². The Hall–Kier alpha value is -3.75. The van der Waals surface area contributed by atoms with Gasteiger partial charge in [0.2, 0.25) is 5.91 Å². The zero-order valence-corrected chi connectivity index (χ0v) is 20.3. The molecule has 1 saturated heterocycles. The summed E-state index contributed by atoms with van der Waals surface area (Å²) in [6.07, 6.45) is -12.1. The maximum atomic E-state index is 13.5. The number of piperidine rings is 1. The summed E-state index contributed by atoms with van der Waals surface area (Å²) in [5, 5.41) is 13.8. The van der Waals surface area contributed by atoms with Gasteiger partial charge in [-0.25, -0.2) is 9.18 Å². The smallest absolute Gasteiger partial charge is 0.416 e. The van der Waals surface area contributed by atoms with Crippen molar-refractivity contribution in [2.75, 3.05) is 18.5 Å². The molecule has 3 amide bonds. The van der Waals surface area contributed by atoms with Gasteiger partial charge < -0.3 is 20.5 Å². The number of carbonyl (C=O) groups excluding carboxylic acids is 2. The van der Waals surface area contributed by atoms with E-state index in [0.717, 1.165) is 6.07 Å². The number of carbonyl (C=O) groups is 3. The van der Waals surface area contributed by atoms with E-state index >= 15 is 0 Å². The number of carboxylic acid groups (broad SMARTS) is 1. The zero-order valence-electron chi connectivity index (χ0n) is 19.5. The number of halogens is 8. The Labute approximate surface area is 220 Å². The van der Waals surface area contributed by atoms with Crippen molar-refractivity contribution in [3.63, 3.8) is 0 Å². The van der Waals surface area contributed by atoms with Gasteiger partial charge in [-0.15, -0.1) is 0 Å². The Morgan fingerprint density at radius 1 is 1.00 bits per heavy atom. The van der Waals surface area contributed by atoms with Gasteiger partial charge in [0.25, 0.3) is 5.91 Å². The molecule has 1 aliphatic rings. The predicted octanol–water partition coefficient (Wildman–Crippen LogP) is 5.16. The van der Waals surface area contributed by atoms with E-state index in [0.29, 0.717) is 17.0 Å². The van der Waals surface area contributed by atoms with Gasteiger partial charge in [0.1, 0.15) is 17.6 Å². The number of benzene rings is 2. The minimum Gasteiger partial charge on any atom is -0.484 e. The quantitative estimate of drug-likeness (QED) is 0.406. The normalized spacial score (nSPS) is 17.9. The molecule has 0 bridgehead atoms. The summed E-state index contributed by atoms with van der Waals surface area (Å²) < 4.78 is 97.2. The molecule has 16 heteroatoms. The first-order valence-electron chi connectivity index (χ1n) is 11.0. The number of amides is 3. The summed E-state index contributed by atoms with van der Waals surface area (Å²) in [5.74, 6) is -2.62. The second kappa shape index (κ2) is 11.6. The van der Waals surface area contributed by atoms with Crippen LogP contribution in [-0.2, 0) is 21.9 Å². The Morgan fingerprint density at radius 2 is 1.62 bits per heavy atom. The minimum atomic E-state index is -5.14. The lowest BCUT2D eigenvalue weighted by Crippen LogP contribution is -2.57. The van der Waals surface area contributed by atoms with Crippen LogP contribution in [0.1, 0.15) is 24.0 Å². The van der Waals surface area contributed by atoms with Gasteiger partial charge >= 0.3 is 18.4 Å². The summed E-state index contributed by atoms with van der Waals surface area (Å²) in [4.78, 5) is 37.3. The molecule has 0 aliphatic carbocycles. The summed E-state index contributed by atoms with van der Waals surface area (Å²) >= 11 is 5.56. The van der Waals surface area contributed by atoms with Crippen LogP contribution in [0.5, 0.6) is 5.75 Å². The van der Waals surface area contributed by atoms with E-state index in [4.69, 9.17) is 16.3 Å². The largest absolute Gasteiger partial charge is 0.484 e. The molecule has 0 aromatic heterocycles. The van der Waals surface area contributed by atoms with E-state index in [1.54, 1.807) is 0 Å². The van der Waals surface area contributed by atoms with E-state index < -0.39 is 78.1 Å². The summed E-state index contributed by atoms with van der Waals surface area (Å²) in [6.45, 7) is -0.975.